The van der Waals surface area contributed by atoms with Crippen LogP contribution in [0.15, 0.2) is 12.1 Å². The van der Waals surface area contributed by atoms with Crippen molar-refractivity contribution in [1.29, 1.82) is 0 Å². The van der Waals surface area contributed by atoms with Gasteiger partial charge < -0.3 is 10.6 Å². The number of hydrogen-bond acceptors (Lipinski definition) is 2. The maximum Gasteiger partial charge on any atom is 0.251 e. The molecule has 0 fully saturated rings. The van der Waals surface area contributed by atoms with Gasteiger partial charge in [0.25, 0.3) is 5.91 Å². The standard InChI is InChI=1S/C16H24F2N2O/c1-4-6-8-12(7-5-2)20-16(21)11-9-13(17)15(19-3)14(18)10-11/h9-10,12,19H,4-8H2,1-3H3,(H,20,21). The van der Waals surface area contributed by atoms with Crippen LogP contribution in [0.2, 0.25) is 0 Å². The first-order valence-corrected chi connectivity index (χ1v) is 7.51. The Hall–Kier alpha value is -1.65. The zero-order chi connectivity index (χ0) is 15.8. The molecule has 0 spiro atoms. The first-order valence-electron chi connectivity index (χ1n) is 7.51. The van der Waals surface area contributed by atoms with Crippen molar-refractivity contribution in [2.45, 2.75) is 52.0 Å². The minimum Gasteiger partial charge on any atom is -0.383 e. The van der Waals surface area contributed by atoms with Gasteiger partial charge in [0.05, 0.1) is 0 Å². The molecule has 0 saturated heterocycles. The van der Waals surface area contributed by atoms with E-state index in [9.17, 15) is 13.6 Å². The van der Waals surface area contributed by atoms with Crippen LogP contribution in [0.4, 0.5) is 14.5 Å². The summed E-state index contributed by atoms with van der Waals surface area (Å²) in [6.45, 7) is 4.14. The van der Waals surface area contributed by atoms with E-state index in [2.05, 4.69) is 17.6 Å². The van der Waals surface area contributed by atoms with Crippen molar-refractivity contribution in [2.24, 2.45) is 0 Å². The molecule has 1 aromatic rings. The molecule has 2 N–H and O–H groups in total. The summed E-state index contributed by atoms with van der Waals surface area (Å²) in [7, 11) is 1.43. The van der Waals surface area contributed by atoms with E-state index in [0.717, 1.165) is 44.2 Å². The molecular weight excluding hydrogens is 274 g/mol. The number of hydrogen-bond donors (Lipinski definition) is 2. The van der Waals surface area contributed by atoms with Crippen LogP contribution in [0.3, 0.4) is 0 Å². The Morgan fingerprint density at radius 2 is 1.76 bits per heavy atom. The summed E-state index contributed by atoms with van der Waals surface area (Å²) in [6, 6.07) is 2.18. The number of amides is 1. The summed E-state index contributed by atoms with van der Waals surface area (Å²) in [5.74, 6) is -1.95. The fraction of sp³-hybridized carbons (Fsp3) is 0.562. The molecule has 118 valence electrons. The lowest BCUT2D eigenvalue weighted by Gasteiger charge is -2.18. The second-order valence-corrected chi connectivity index (χ2v) is 5.17. The minimum atomic E-state index is -0.761. The van der Waals surface area contributed by atoms with Gasteiger partial charge in [0.2, 0.25) is 0 Å². The Balaban J connectivity index is 2.82. The number of benzene rings is 1. The predicted molar refractivity (Wildman–Crippen MR) is 81.6 cm³/mol. The van der Waals surface area contributed by atoms with Gasteiger partial charge in [-0.2, -0.15) is 0 Å². The van der Waals surface area contributed by atoms with Crippen molar-refractivity contribution >= 4 is 11.6 Å². The summed E-state index contributed by atoms with van der Waals surface area (Å²) >= 11 is 0. The lowest BCUT2D eigenvalue weighted by molar-refractivity contribution is 0.0931. The first kappa shape index (κ1) is 17.4. The number of carbonyl (C=O) groups is 1. The van der Waals surface area contributed by atoms with E-state index in [1.165, 1.54) is 7.05 Å². The summed E-state index contributed by atoms with van der Waals surface area (Å²) in [5, 5.41) is 5.31. The van der Waals surface area contributed by atoms with Crippen LogP contribution in [0.5, 0.6) is 0 Å². The number of anilines is 1. The number of carbonyl (C=O) groups excluding carboxylic acids is 1. The van der Waals surface area contributed by atoms with Gasteiger partial charge >= 0.3 is 0 Å². The van der Waals surface area contributed by atoms with Crippen molar-refractivity contribution in [2.75, 3.05) is 12.4 Å². The van der Waals surface area contributed by atoms with Gasteiger partial charge in [-0.1, -0.05) is 33.1 Å². The van der Waals surface area contributed by atoms with Gasteiger partial charge in [0, 0.05) is 18.7 Å². The van der Waals surface area contributed by atoms with Gasteiger partial charge in [-0.15, -0.1) is 0 Å². The highest BCUT2D eigenvalue weighted by Gasteiger charge is 2.17. The average molecular weight is 298 g/mol. The third-order valence-electron chi connectivity index (χ3n) is 3.43. The smallest absolute Gasteiger partial charge is 0.251 e. The highest BCUT2D eigenvalue weighted by Crippen LogP contribution is 2.20. The molecule has 0 bridgehead atoms. The Morgan fingerprint density at radius 1 is 1.14 bits per heavy atom. The summed E-state index contributed by atoms with van der Waals surface area (Å²) < 4.78 is 27.4. The fourth-order valence-electron chi connectivity index (χ4n) is 2.30. The monoisotopic (exact) mass is 298 g/mol. The SMILES string of the molecule is CCCCC(CCC)NC(=O)c1cc(F)c(NC)c(F)c1. The molecule has 0 aliphatic heterocycles. The first-order chi connectivity index (χ1) is 10.0. The number of unbranched alkanes of at least 4 members (excludes halogenated alkanes) is 1. The molecule has 0 saturated carbocycles. The van der Waals surface area contributed by atoms with Gasteiger partial charge in [0.1, 0.15) is 17.3 Å². The van der Waals surface area contributed by atoms with Crippen molar-refractivity contribution in [3.8, 4) is 0 Å². The molecular formula is C16H24F2N2O. The molecule has 3 nitrogen and oxygen atoms in total. The zero-order valence-electron chi connectivity index (χ0n) is 12.9. The molecule has 1 amide bonds. The van der Waals surface area contributed by atoms with Crippen molar-refractivity contribution < 1.29 is 13.6 Å². The highest BCUT2D eigenvalue weighted by atomic mass is 19.1. The number of nitrogens with one attached hydrogen (secondary N) is 2. The third-order valence-corrected chi connectivity index (χ3v) is 3.43. The van der Waals surface area contributed by atoms with Crippen LogP contribution in [-0.2, 0) is 0 Å². The molecule has 1 atom stereocenters. The average Bonchev–Trinajstić information content (AvgIpc) is 2.44. The molecule has 1 aromatic carbocycles. The van der Waals surface area contributed by atoms with E-state index in [4.69, 9.17) is 0 Å². The summed E-state index contributed by atoms with van der Waals surface area (Å²) in [4.78, 5) is 12.1. The molecule has 0 aliphatic carbocycles. The Bertz CT molecular complexity index is 454. The molecule has 0 radical (unpaired) electrons. The topological polar surface area (TPSA) is 41.1 Å². The predicted octanol–water partition coefficient (Wildman–Crippen LogP) is 4.10. The van der Waals surface area contributed by atoms with E-state index in [1.807, 2.05) is 6.92 Å². The highest BCUT2D eigenvalue weighted by molar-refractivity contribution is 5.94. The van der Waals surface area contributed by atoms with Gasteiger partial charge in [-0.05, 0) is 25.0 Å². The minimum absolute atomic E-state index is 0.0154. The van der Waals surface area contributed by atoms with Crippen LogP contribution >= 0.6 is 0 Å². The van der Waals surface area contributed by atoms with Gasteiger partial charge in [-0.25, -0.2) is 8.78 Å². The van der Waals surface area contributed by atoms with Crippen LogP contribution < -0.4 is 10.6 Å². The fourth-order valence-corrected chi connectivity index (χ4v) is 2.30. The lowest BCUT2D eigenvalue weighted by atomic mass is 10.0. The summed E-state index contributed by atoms with van der Waals surface area (Å²) in [6.07, 6.45) is 4.78. The largest absolute Gasteiger partial charge is 0.383 e. The Kier molecular flexibility index (Phi) is 7.12. The normalized spacial score (nSPS) is 12.0. The van der Waals surface area contributed by atoms with Crippen molar-refractivity contribution in [3.05, 3.63) is 29.3 Å². The molecule has 1 rings (SSSR count). The maximum absolute atomic E-state index is 13.7. The van der Waals surface area contributed by atoms with Crippen LogP contribution in [0.25, 0.3) is 0 Å². The second kappa shape index (κ2) is 8.60. The van der Waals surface area contributed by atoms with Crippen LogP contribution in [0, 0.1) is 11.6 Å². The maximum atomic E-state index is 13.7. The lowest BCUT2D eigenvalue weighted by Crippen LogP contribution is -2.34. The van der Waals surface area contributed by atoms with E-state index in [0.29, 0.717) is 0 Å². The quantitative estimate of drug-likeness (QED) is 0.759. The number of halogens is 2. The van der Waals surface area contributed by atoms with E-state index < -0.39 is 17.5 Å². The van der Waals surface area contributed by atoms with E-state index >= 15 is 0 Å². The molecule has 5 heteroatoms. The van der Waals surface area contributed by atoms with Crippen LogP contribution in [0.1, 0.15) is 56.3 Å². The molecule has 0 aromatic heterocycles. The Labute approximate surface area is 125 Å². The van der Waals surface area contributed by atoms with E-state index in [-0.39, 0.29) is 17.3 Å². The zero-order valence-corrected chi connectivity index (χ0v) is 12.9. The van der Waals surface area contributed by atoms with Gasteiger partial charge in [-0.3, -0.25) is 4.79 Å². The third kappa shape index (κ3) is 4.99. The summed E-state index contributed by atoms with van der Waals surface area (Å²) in [5.41, 5.74) is -0.204. The number of rotatable bonds is 8. The Morgan fingerprint density at radius 3 is 2.24 bits per heavy atom. The van der Waals surface area contributed by atoms with Crippen LogP contribution in [-0.4, -0.2) is 19.0 Å². The molecule has 21 heavy (non-hydrogen) atoms. The molecule has 1 unspecified atom stereocenters. The molecule has 0 heterocycles. The van der Waals surface area contributed by atoms with Gasteiger partial charge in [0.15, 0.2) is 0 Å². The molecule has 0 aliphatic rings. The second-order valence-electron chi connectivity index (χ2n) is 5.17. The van der Waals surface area contributed by atoms with E-state index in [1.54, 1.807) is 0 Å². The van der Waals surface area contributed by atoms with Crippen molar-refractivity contribution in [1.82, 2.24) is 5.32 Å². The van der Waals surface area contributed by atoms with Crippen molar-refractivity contribution in [3.63, 3.8) is 0 Å².